The van der Waals surface area contributed by atoms with Crippen molar-refractivity contribution in [2.45, 2.75) is 24.9 Å². The van der Waals surface area contributed by atoms with E-state index in [2.05, 4.69) is 15.5 Å². The zero-order valence-electron chi connectivity index (χ0n) is 22.9. The number of benzene rings is 2. The van der Waals surface area contributed by atoms with Crippen LogP contribution in [0.3, 0.4) is 0 Å². The number of carbonyl (C=O) groups excluding carboxylic acids is 4. The lowest BCUT2D eigenvalue weighted by Crippen LogP contribution is -2.63. The molecule has 3 amide bonds. The van der Waals surface area contributed by atoms with Gasteiger partial charge in [-0.2, -0.15) is 4.98 Å². The zero-order chi connectivity index (χ0) is 30.2. The molecule has 14 heteroatoms. The fourth-order valence-corrected chi connectivity index (χ4v) is 4.57. The molecule has 220 valence electrons. The van der Waals surface area contributed by atoms with Gasteiger partial charge in [-0.25, -0.2) is 0 Å². The summed E-state index contributed by atoms with van der Waals surface area (Å²) >= 11 is 0. The fraction of sp³-hybridized carbons (Fsp3) is 0.321. The first kappa shape index (κ1) is 29.7. The molecule has 14 nitrogen and oxygen atoms in total. The van der Waals surface area contributed by atoms with E-state index < -0.39 is 54.7 Å². The van der Waals surface area contributed by atoms with Crippen LogP contribution in [0, 0.1) is 0 Å². The Morgan fingerprint density at radius 2 is 1.79 bits per heavy atom. The number of amides is 3. The number of aliphatic carboxylic acids is 1. The van der Waals surface area contributed by atoms with Crippen LogP contribution in [-0.4, -0.2) is 101 Å². The van der Waals surface area contributed by atoms with Crippen LogP contribution in [0.25, 0.3) is 11.4 Å². The SMILES string of the molecule is COC(=O)C[C@H]1C(=O)N(CC(=O)O)CCN1C(=O)[C@H](Cc1ccc(OC)cc1)NC(=O)c1ccc(-c2ncon2)cc1. The molecule has 1 saturated heterocycles. The Hall–Kier alpha value is -5.27. The number of ether oxygens (including phenoxy) is 2. The average molecular weight is 580 g/mol. The summed E-state index contributed by atoms with van der Waals surface area (Å²) in [6, 6.07) is 10.8. The molecule has 1 aliphatic heterocycles. The van der Waals surface area contributed by atoms with Crippen molar-refractivity contribution in [2.75, 3.05) is 33.9 Å². The Kier molecular flexibility index (Phi) is 9.47. The van der Waals surface area contributed by atoms with E-state index in [-0.39, 0.29) is 25.1 Å². The zero-order valence-corrected chi connectivity index (χ0v) is 22.9. The van der Waals surface area contributed by atoms with Gasteiger partial charge in [-0.3, -0.25) is 24.0 Å². The molecular formula is C28H29N5O9. The molecule has 0 spiro atoms. The first-order valence-corrected chi connectivity index (χ1v) is 12.9. The molecule has 0 radical (unpaired) electrons. The van der Waals surface area contributed by atoms with Crippen LogP contribution in [0.1, 0.15) is 22.3 Å². The predicted molar refractivity (Wildman–Crippen MR) is 144 cm³/mol. The van der Waals surface area contributed by atoms with E-state index in [0.29, 0.717) is 22.7 Å². The van der Waals surface area contributed by atoms with Crippen molar-refractivity contribution in [3.63, 3.8) is 0 Å². The minimum Gasteiger partial charge on any atom is -0.497 e. The van der Waals surface area contributed by atoms with E-state index in [4.69, 9.17) is 14.0 Å². The van der Waals surface area contributed by atoms with Crippen molar-refractivity contribution in [3.05, 3.63) is 66.1 Å². The van der Waals surface area contributed by atoms with Crippen LogP contribution in [0.4, 0.5) is 0 Å². The van der Waals surface area contributed by atoms with Gasteiger partial charge in [0.2, 0.25) is 24.0 Å². The largest absolute Gasteiger partial charge is 0.497 e. The second kappa shape index (κ2) is 13.4. The number of aromatic nitrogens is 2. The summed E-state index contributed by atoms with van der Waals surface area (Å²) in [4.78, 5) is 70.2. The summed E-state index contributed by atoms with van der Waals surface area (Å²) in [5.74, 6) is -2.89. The Morgan fingerprint density at radius 1 is 1.07 bits per heavy atom. The van der Waals surface area contributed by atoms with Crippen molar-refractivity contribution < 1.29 is 43.1 Å². The fourth-order valence-electron chi connectivity index (χ4n) is 4.57. The van der Waals surface area contributed by atoms with Crippen LogP contribution in [0.5, 0.6) is 5.75 Å². The molecule has 2 heterocycles. The van der Waals surface area contributed by atoms with Gasteiger partial charge in [0.05, 0.1) is 20.6 Å². The first-order valence-electron chi connectivity index (χ1n) is 12.9. The van der Waals surface area contributed by atoms with E-state index in [0.717, 1.165) is 12.0 Å². The standard InChI is InChI=1S/C28H29N5O9/c1-40-20-9-3-17(4-10-20)13-21(30-26(37)19-7-5-18(6-8-19)25-29-16-42-31-25)27(38)33-12-11-32(15-23(34)35)28(39)22(33)14-24(36)41-2/h3-10,16,21-22H,11-15H2,1-2H3,(H,30,37)(H,34,35)/t21-,22-/m0/s1. The topological polar surface area (TPSA) is 181 Å². The highest BCUT2D eigenvalue weighted by molar-refractivity contribution is 5.99. The number of carbonyl (C=O) groups is 5. The number of hydrogen-bond acceptors (Lipinski definition) is 10. The second-order valence-corrected chi connectivity index (χ2v) is 9.39. The minimum absolute atomic E-state index is 0.0477. The predicted octanol–water partition coefficient (Wildman–Crippen LogP) is 0.773. The van der Waals surface area contributed by atoms with Gasteiger partial charge in [-0.15, -0.1) is 0 Å². The number of rotatable bonds is 11. The van der Waals surface area contributed by atoms with Gasteiger partial charge < -0.3 is 34.2 Å². The maximum absolute atomic E-state index is 14.0. The molecule has 2 aromatic carbocycles. The van der Waals surface area contributed by atoms with Crippen LogP contribution in [0.2, 0.25) is 0 Å². The molecule has 4 rings (SSSR count). The van der Waals surface area contributed by atoms with Crippen molar-refractivity contribution in [1.29, 1.82) is 0 Å². The number of esters is 1. The maximum atomic E-state index is 14.0. The van der Waals surface area contributed by atoms with E-state index in [1.54, 1.807) is 48.5 Å². The van der Waals surface area contributed by atoms with E-state index in [1.807, 2.05) is 0 Å². The number of carboxylic acid groups (broad SMARTS) is 1. The Labute approximate surface area is 240 Å². The average Bonchev–Trinajstić information content (AvgIpc) is 3.54. The monoisotopic (exact) mass is 579 g/mol. The third-order valence-electron chi connectivity index (χ3n) is 6.75. The van der Waals surface area contributed by atoms with E-state index in [9.17, 15) is 29.1 Å². The van der Waals surface area contributed by atoms with Crippen LogP contribution >= 0.6 is 0 Å². The quantitative estimate of drug-likeness (QED) is 0.306. The molecule has 1 aliphatic rings. The second-order valence-electron chi connectivity index (χ2n) is 9.39. The number of hydrogen-bond donors (Lipinski definition) is 2. The van der Waals surface area contributed by atoms with Crippen LogP contribution in [-0.2, 0) is 30.3 Å². The molecular weight excluding hydrogens is 550 g/mol. The number of nitrogens with one attached hydrogen (secondary N) is 1. The molecule has 1 fully saturated rings. The van der Waals surface area contributed by atoms with Gasteiger partial charge in [0.1, 0.15) is 24.4 Å². The van der Waals surface area contributed by atoms with Gasteiger partial charge in [-0.1, -0.05) is 29.4 Å². The maximum Gasteiger partial charge on any atom is 0.323 e. The molecule has 2 N–H and O–H groups in total. The third-order valence-corrected chi connectivity index (χ3v) is 6.75. The first-order chi connectivity index (χ1) is 20.2. The summed E-state index contributed by atoms with van der Waals surface area (Å²) in [6.45, 7) is -0.687. The summed E-state index contributed by atoms with van der Waals surface area (Å²) in [6.07, 6.45) is 0.771. The molecule has 3 aromatic rings. The van der Waals surface area contributed by atoms with Gasteiger partial charge in [0.25, 0.3) is 5.91 Å². The van der Waals surface area contributed by atoms with E-state index >= 15 is 0 Å². The summed E-state index contributed by atoms with van der Waals surface area (Å²) in [7, 11) is 2.67. The van der Waals surface area contributed by atoms with Crippen LogP contribution < -0.4 is 10.1 Å². The normalized spacial score (nSPS) is 15.6. The molecule has 1 aromatic heterocycles. The third kappa shape index (κ3) is 7.08. The number of methoxy groups -OCH3 is 2. The minimum atomic E-state index is -1.30. The summed E-state index contributed by atoms with van der Waals surface area (Å²) < 4.78 is 14.7. The van der Waals surface area contributed by atoms with E-state index in [1.165, 1.54) is 18.4 Å². The Bertz CT molecular complexity index is 1420. The highest BCUT2D eigenvalue weighted by Gasteiger charge is 2.42. The lowest BCUT2D eigenvalue weighted by atomic mass is 10.0. The van der Waals surface area contributed by atoms with Gasteiger partial charge in [0.15, 0.2) is 0 Å². The van der Waals surface area contributed by atoms with Gasteiger partial charge in [-0.05, 0) is 29.8 Å². The molecule has 0 aliphatic carbocycles. The smallest absolute Gasteiger partial charge is 0.323 e. The summed E-state index contributed by atoms with van der Waals surface area (Å²) in [5, 5.41) is 15.7. The molecule has 0 bridgehead atoms. The van der Waals surface area contributed by atoms with Crippen LogP contribution in [0.15, 0.2) is 59.4 Å². The lowest BCUT2D eigenvalue weighted by Gasteiger charge is -2.41. The van der Waals surface area contributed by atoms with Gasteiger partial charge in [0, 0.05) is 30.6 Å². The number of piperazine rings is 1. The Morgan fingerprint density at radius 3 is 2.38 bits per heavy atom. The number of nitrogens with zero attached hydrogens (tertiary/aromatic N) is 4. The molecule has 42 heavy (non-hydrogen) atoms. The molecule has 2 atom stereocenters. The summed E-state index contributed by atoms with van der Waals surface area (Å²) in [5.41, 5.74) is 1.57. The van der Waals surface area contributed by atoms with Crippen molar-refractivity contribution in [1.82, 2.24) is 25.3 Å². The highest BCUT2D eigenvalue weighted by atomic mass is 16.5. The highest BCUT2D eigenvalue weighted by Crippen LogP contribution is 2.20. The molecule has 0 saturated carbocycles. The molecule has 0 unspecified atom stereocenters. The lowest BCUT2D eigenvalue weighted by molar-refractivity contribution is -0.159. The number of carboxylic acids is 1. The van der Waals surface area contributed by atoms with Gasteiger partial charge >= 0.3 is 11.9 Å². The van der Waals surface area contributed by atoms with Crippen molar-refractivity contribution in [3.8, 4) is 17.1 Å². The van der Waals surface area contributed by atoms with Crippen molar-refractivity contribution in [2.24, 2.45) is 0 Å². The Balaban J connectivity index is 1.60. The van der Waals surface area contributed by atoms with Crippen molar-refractivity contribution >= 4 is 29.7 Å².